The minimum Gasteiger partial charge on any atom is -0.377 e. The number of rotatable bonds is 6. The van der Waals surface area contributed by atoms with E-state index in [0.717, 1.165) is 37.0 Å². The van der Waals surface area contributed by atoms with Crippen LogP contribution in [0.1, 0.15) is 38.8 Å². The molecule has 3 N–H and O–H groups in total. The number of amides is 1. The van der Waals surface area contributed by atoms with Crippen LogP contribution in [0.2, 0.25) is 0 Å². The zero-order valence-electron chi connectivity index (χ0n) is 16.8. The smallest absolute Gasteiger partial charge is 0.225 e. The van der Waals surface area contributed by atoms with E-state index in [-0.39, 0.29) is 41.3 Å². The monoisotopic (exact) mass is 493 g/mol. The lowest BCUT2D eigenvalue weighted by atomic mass is 9.96. The highest BCUT2D eigenvalue weighted by atomic mass is 127. The topological polar surface area (TPSA) is 105 Å². The van der Waals surface area contributed by atoms with Gasteiger partial charge in [-0.15, -0.1) is 24.0 Å². The Kier molecular flexibility index (Phi) is 9.43. The molecule has 0 spiro atoms. The second-order valence-electron chi connectivity index (χ2n) is 7.44. The standard InChI is InChI=1S/C17H31N7O2.HI/c1-17(2,3)15(25)19-8-9-20-16(18-4)21-12-6-7-14-22-13(11-26-5)23-24(14)10-12;/h12H,6-11H2,1-5H3,(H,19,25)(H2,18,20,21);1H. The Balaban J connectivity index is 0.00000364. The number of aromatic nitrogens is 3. The molecule has 1 aromatic heterocycles. The van der Waals surface area contributed by atoms with Gasteiger partial charge in [-0.05, 0) is 6.42 Å². The van der Waals surface area contributed by atoms with Gasteiger partial charge < -0.3 is 20.7 Å². The van der Waals surface area contributed by atoms with E-state index >= 15 is 0 Å². The van der Waals surface area contributed by atoms with Crippen LogP contribution in [0.25, 0.3) is 0 Å². The van der Waals surface area contributed by atoms with Gasteiger partial charge >= 0.3 is 0 Å². The van der Waals surface area contributed by atoms with Crippen molar-refractivity contribution in [1.29, 1.82) is 0 Å². The number of carbonyl (C=O) groups is 1. The summed E-state index contributed by atoms with van der Waals surface area (Å²) < 4.78 is 7.03. The van der Waals surface area contributed by atoms with Crippen LogP contribution in [0.15, 0.2) is 4.99 Å². The summed E-state index contributed by atoms with van der Waals surface area (Å²) in [4.78, 5) is 20.6. The number of aliphatic imine (C=N–C) groups is 1. The first-order valence-corrected chi connectivity index (χ1v) is 9.00. The third kappa shape index (κ3) is 7.24. The third-order valence-corrected chi connectivity index (χ3v) is 4.12. The first-order valence-electron chi connectivity index (χ1n) is 9.00. The van der Waals surface area contributed by atoms with Gasteiger partial charge in [0.05, 0.1) is 6.54 Å². The Morgan fingerprint density at radius 1 is 1.33 bits per heavy atom. The maximum Gasteiger partial charge on any atom is 0.225 e. The van der Waals surface area contributed by atoms with Gasteiger partial charge in [-0.25, -0.2) is 9.67 Å². The van der Waals surface area contributed by atoms with Crippen LogP contribution in [0.3, 0.4) is 0 Å². The first kappa shape index (κ1) is 23.6. The molecule has 27 heavy (non-hydrogen) atoms. The van der Waals surface area contributed by atoms with Gasteiger partial charge in [-0.1, -0.05) is 20.8 Å². The van der Waals surface area contributed by atoms with Crippen molar-refractivity contribution in [2.75, 3.05) is 27.2 Å². The average Bonchev–Trinajstić information content (AvgIpc) is 2.98. The van der Waals surface area contributed by atoms with Crippen LogP contribution in [0, 0.1) is 5.41 Å². The summed E-state index contributed by atoms with van der Waals surface area (Å²) in [5.41, 5.74) is -0.376. The number of fused-ring (bicyclic) bond motifs is 1. The highest BCUT2D eigenvalue weighted by Gasteiger charge is 2.23. The molecule has 0 aliphatic carbocycles. The minimum atomic E-state index is -0.376. The predicted octanol–water partition coefficient (Wildman–Crippen LogP) is 0.685. The third-order valence-electron chi connectivity index (χ3n) is 4.12. The number of aryl methyl sites for hydroxylation is 1. The number of hydrogen-bond acceptors (Lipinski definition) is 5. The summed E-state index contributed by atoms with van der Waals surface area (Å²) in [6, 6.07) is 0.231. The molecule has 2 heterocycles. The van der Waals surface area contributed by atoms with Crippen LogP contribution in [0.4, 0.5) is 0 Å². The fourth-order valence-corrected chi connectivity index (χ4v) is 2.68. The number of halogens is 1. The molecule has 1 aromatic rings. The second kappa shape index (κ2) is 10.8. The molecule has 0 radical (unpaired) electrons. The van der Waals surface area contributed by atoms with Crippen molar-refractivity contribution in [3.63, 3.8) is 0 Å². The quantitative estimate of drug-likeness (QED) is 0.233. The predicted molar refractivity (Wildman–Crippen MR) is 115 cm³/mol. The summed E-state index contributed by atoms with van der Waals surface area (Å²) in [6.07, 6.45) is 1.83. The number of hydrogen-bond donors (Lipinski definition) is 3. The first-order chi connectivity index (χ1) is 12.3. The van der Waals surface area contributed by atoms with Crippen LogP contribution in [0.5, 0.6) is 0 Å². The zero-order chi connectivity index (χ0) is 19.2. The van der Waals surface area contributed by atoms with E-state index in [1.807, 2.05) is 25.5 Å². The van der Waals surface area contributed by atoms with Gasteiger partial charge in [-0.3, -0.25) is 9.79 Å². The molecule has 1 atom stereocenters. The summed E-state index contributed by atoms with van der Waals surface area (Å²) in [5, 5.41) is 14.0. The summed E-state index contributed by atoms with van der Waals surface area (Å²) >= 11 is 0. The molecule has 10 heteroatoms. The molecule has 0 saturated carbocycles. The van der Waals surface area contributed by atoms with E-state index in [2.05, 4.69) is 31.0 Å². The van der Waals surface area contributed by atoms with Crippen molar-refractivity contribution >= 4 is 35.8 Å². The lowest BCUT2D eigenvalue weighted by Gasteiger charge is -2.25. The maximum absolute atomic E-state index is 11.9. The van der Waals surface area contributed by atoms with Gasteiger partial charge in [0.1, 0.15) is 12.4 Å². The molecule has 0 bridgehead atoms. The summed E-state index contributed by atoms with van der Waals surface area (Å²) in [7, 11) is 3.38. The van der Waals surface area contributed by atoms with Gasteiger partial charge in [0.25, 0.3) is 0 Å². The van der Waals surface area contributed by atoms with Crippen LogP contribution in [-0.2, 0) is 29.1 Å². The molecule has 0 saturated heterocycles. The summed E-state index contributed by atoms with van der Waals surface area (Å²) in [6.45, 7) is 8.03. The van der Waals surface area contributed by atoms with Gasteiger partial charge in [-0.2, -0.15) is 5.10 Å². The number of carbonyl (C=O) groups excluding carboxylic acids is 1. The number of nitrogens with one attached hydrogen (secondary N) is 3. The molecule has 9 nitrogen and oxygen atoms in total. The van der Waals surface area contributed by atoms with E-state index in [9.17, 15) is 4.79 Å². The van der Waals surface area contributed by atoms with Crippen molar-refractivity contribution in [3.8, 4) is 0 Å². The molecular weight excluding hydrogens is 461 g/mol. The lowest BCUT2D eigenvalue weighted by Crippen LogP contribution is -2.49. The van der Waals surface area contributed by atoms with E-state index in [4.69, 9.17) is 4.74 Å². The molecule has 0 aromatic carbocycles. The van der Waals surface area contributed by atoms with Crippen molar-refractivity contribution < 1.29 is 9.53 Å². The van der Waals surface area contributed by atoms with Gasteiger partial charge in [0, 0.05) is 45.1 Å². The van der Waals surface area contributed by atoms with Crippen molar-refractivity contribution in [3.05, 3.63) is 11.6 Å². The highest BCUT2D eigenvalue weighted by molar-refractivity contribution is 14.0. The molecule has 1 unspecified atom stereocenters. The van der Waals surface area contributed by atoms with Crippen LogP contribution >= 0.6 is 24.0 Å². The number of methoxy groups -OCH3 is 1. The molecule has 1 aliphatic heterocycles. The van der Waals surface area contributed by atoms with E-state index in [1.54, 1.807) is 14.2 Å². The van der Waals surface area contributed by atoms with Crippen LogP contribution < -0.4 is 16.0 Å². The molecule has 2 rings (SSSR count). The highest BCUT2D eigenvalue weighted by Crippen LogP contribution is 2.13. The summed E-state index contributed by atoms with van der Waals surface area (Å²) in [5.74, 6) is 2.49. The molecule has 0 fully saturated rings. The Bertz CT molecular complexity index is 640. The van der Waals surface area contributed by atoms with Crippen molar-refractivity contribution in [2.24, 2.45) is 10.4 Å². The number of ether oxygens (including phenoxy) is 1. The normalized spacial score (nSPS) is 16.9. The average molecular weight is 493 g/mol. The lowest BCUT2D eigenvalue weighted by molar-refractivity contribution is -0.128. The van der Waals surface area contributed by atoms with Crippen molar-refractivity contribution in [2.45, 2.75) is 52.8 Å². The van der Waals surface area contributed by atoms with Crippen LogP contribution in [-0.4, -0.2) is 59.9 Å². The van der Waals surface area contributed by atoms with E-state index < -0.39 is 0 Å². The van der Waals surface area contributed by atoms with Gasteiger partial charge in [0.2, 0.25) is 5.91 Å². The van der Waals surface area contributed by atoms with E-state index in [0.29, 0.717) is 19.7 Å². The molecular formula is C17H32IN7O2. The number of guanidine groups is 1. The molecule has 154 valence electrons. The molecule has 1 amide bonds. The van der Waals surface area contributed by atoms with E-state index in [1.165, 1.54) is 0 Å². The Labute approximate surface area is 178 Å². The zero-order valence-corrected chi connectivity index (χ0v) is 19.2. The largest absolute Gasteiger partial charge is 0.377 e. The number of nitrogens with zero attached hydrogens (tertiary/aromatic N) is 4. The second-order valence-corrected chi connectivity index (χ2v) is 7.44. The van der Waals surface area contributed by atoms with Crippen molar-refractivity contribution in [1.82, 2.24) is 30.7 Å². The maximum atomic E-state index is 11.9. The van der Waals surface area contributed by atoms with Gasteiger partial charge in [0.15, 0.2) is 11.8 Å². The fourth-order valence-electron chi connectivity index (χ4n) is 2.68. The Morgan fingerprint density at radius 3 is 2.67 bits per heavy atom. The Morgan fingerprint density at radius 2 is 2.04 bits per heavy atom. The molecule has 1 aliphatic rings. The Hall–Kier alpha value is -1.43. The fraction of sp³-hybridized carbons (Fsp3) is 0.765. The SMILES string of the molecule is CN=C(NCCNC(=O)C(C)(C)C)NC1CCc2nc(COC)nn2C1.I. The minimum absolute atomic E-state index is 0.